The Kier molecular flexibility index (Phi) is 3.53. The molecule has 0 bridgehead atoms. The van der Waals surface area contributed by atoms with E-state index in [1.165, 1.54) is 0 Å². The molecule has 0 amide bonds. The van der Waals surface area contributed by atoms with Gasteiger partial charge in [-0.1, -0.05) is 31.5 Å². The van der Waals surface area contributed by atoms with Crippen LogP contribution in [0, 0.1) is 6.61 Å². The van der Waals surface area contributed by atoms with Gasteiger partial charge >= 0.3 is 0 Å². The van der Waals surface area contributed by atoms with E-state index in [-0.39, 0.29) is 0 Å². The standard InChI is InChI=1S/C10H13O/c1-2-3-9-11-10-7-5-4-6-8-10/h4-9H,2-3H2,1H3. The maximum absolute atomic E-state index is 5.32. The van der Waals surface area contributed by atoms with Crippen molar-refractivity contribution in [3.63, 3.8) is 0 Å². The third-order valence-corrected chi connectivity index (χ3v) is 1.37. The van der Waals surface area contributed by atoms with Crippen LogP contribution >= 0.6 is 0 Å². The fourth-order valence-electron chi connectivity index (χ4n) is 0.772. The van der Waals surface area contributed by atoms with E-state index in [1.54, 1.807) is 0 Å². The van der Waals surface area contributed by atoms with Crippen molar-refractivity contribution in [1.29, 1.82) is 0 Å². The Morgan fingerprint density at radius 2 is 2.00 bits per heavy atom. The monoisotopic (exact) mass is 149 g/mol. The van der Waals surface area contributed by atoms with Crippen molar-refractivity contribution in [2.45, 2.75) is 19.8 Å². The molecule has 0 fully saturated rings. The van der Waals surface area contributed by atoms with E-state index in [1.807, 2.05) is 36.9 Å². The zero-order valence-corrected chi connectivity index (χ0v) is 6.79. The molecular weight excluding hydrogens is 136 g/mol. The maximum Gasteiger partial charge on any atom is 0.135 e. The number of ether oxygens (including phenoxy) is 1. The van der Waals surface area contributed by atoms with Gasteiger partial charge in [-0.3, -0.25) is 0 Å². The fourth-order valence-corrected chi connectivity index (χ4v) is 0.772. The highest BCUT2D eigenvalue weighted by molar-refractivity contribution is 5.21. The maximum atomic E-state index is 5.32. The van der Waals surface area contributed by atoms with Crippen LogP contribution in [0.1, 0.15) is 19.8 Å². The van der Waals surface area contributed by atoms with Gasteiger partial charge in [0.1, 0.15) is 12.4 Å². The highest BCUT2D eigenvalue weighted by Gasteiger charge is 1.89. The van der Waals surface area contributed by atoms with Crippen LogP contribution in [0.5, 0.6) is 5.75 Å². The third kappa shape index (κ3) is 3.08. The smallest absolute Gasteiger partial charge is 0.135 e. The summed E-state index contributed by atoms with van der Waals surface area (Å²) in [5.41, 5.74) is 0. The number of benzene rings is 1. The quantitative estimate of drug-likeness (QED) is 0.598. The molecule has 0 saturated heterocycles. The molecule has 1 aromatic carbocycles. The Morgan fingerprint density at radius 1 is 1.27 bits per heavy atom. The molecule has 1 nitrogen and oxygen atoms in total. The van der Waals surface area contributed by atoms with Crippen molar-refractivity contribution < 1.29 is 4.74 Å². The largest absolute Gasteiger partial charge is 0.487 e. The van der Waals surface area contributed by atoms with Gasteiger partial charge < -0.3 is 4.74 Å². The number of hydrogen-bond donors (Lipinski definition) is 0. The van der Waals surface area contributed by atoms with Crippen molar-refractivity contribution in [3.05, 3.63) is 36.9 Å². The molecule has 0 N–H and O–H groups in total. The summed E-state index contributed by atoms with van der Waals surface area (Å²) in [5, 5.41) is 0. The molecule has 11 heavy (non-hydrogen) atoms. The second-order valence-corrected chi connectivity index (χ2v) is 2.39. The minimum absolute atomic E-state index is 0.918. The van der Waals surface area contributed by atoms with Crippen LogP contribution in [-0.4, -0.2) is 0 Å². The third-order valence-electron chi connectivity index (χ3n) is 1.37. The second-order valence-electron chi connectivity index (χ2n) is 2.39. The van der Waals surface area contributed by atoms with E-state index >= 15 is 0 Å². The summed E-state index contributed by atoms with van der Waals surface area (Å²) in [6, 6.07) is 9.81. The molecule has 0 aliphatic heterocycles. The van der Waals surface area contributed by atoms with Crippen molar-refractivity contribution in [1.82, 2.24) is 0 Å². The summed E-state index contributed by atoms with van der Waals surface area (Å²) >= 11 is 0. The van der Waals surface area contributed by atoms with Crippen LogP contribution in [-0.2, 0) is 0 Å². The van der Waals surface area contributed by atoms with Gasteiger partial charge in [-0.25, -0.2) is 0 Å². The topological polar surface area (TPSA) is 9.23 Å². The first-order valence-corrected chi connectivity index (χ1v) is 3.97. The highest BCUT2D eigenvalue weighted by Crippen LogP contribution is 2.10. The predicted molar refractivity (Wildman–Crippen MR) is 46.3 cm³/mol. The van der Waals surface area contributed by atoms with Gasteiger partial charge in [0.05, 0.1) is 0 Å². The number of unbranched alkanes of at least 4 members (excludes halogenated alkanes) is 1. The highest BCUT2D eigenvalue weighted by atomic mass is 16.5. The molecule has 1 heteroatoms. The molecule has 0 atom stereocenters. The van der Waals surface area contributed by atoms with Crippen LogP contribution in [0.15, 0.2) is 30.3 Å². The Bertz CT molecular complexity index is 181. The van der Waals surface area contributed by atoms with Gasteiger partial charge in [-0.05, 0) is 18.6 Å². The number of rotatable bonds is 4. The lowest BCUT2D eigenvalue weighted by atomic mass is 10.3. The first kappa shape index (κ1) is 8.12. The minimum Gasteiger partial charge on any atom is -0.487 e. The van der Waals surface area contributed by atoms with Crippen molar-refractivity contribution >= 4 is 0 Å². The fraction of sp³-hybridized carbons (Fsp3) is 0.300. The first-order valence-electron chi connectivity index (χ1n) is 3.97. The molecule has 0 aliphatic rings. The molecule has 0 heterocycles. The SMILES string of the molecule is CCC[CH]Oc1ccccc1. The Morgan fingerprint density at radius 3 is 2.64 bits per heavy atom. The summed E-state index contributed by atoms with van der Waals surface area (Å²) in [4.78, 5) is 0. The summed E-state index contributed by atoms with van der Waals surface area (Å²) < 4.78 is 5.32. The lowest BCUT2D eigenvalue weighted by Crippen LogP contribution is -1.88. The first-order chi connectivity index (χ1) is 5.43. The average Bonchev–Trinajstić information content (AvgIpc) is 2.07. The molecule has 1 rings (SSSR count). The van der Waals surface area contributed by atoms with Crippen LogP contribution in [0.2, 0.25) is 0 Å². The number of hydrogen-bond acceptors (Lipinski definition) is 1. The minimum atomic E-state index is 0.918. The summed E-state index contributed by atoms with van der Waals surface area (Å²) in [6.07, 6.45) is 2.14. The van der Waals surface area contributed by atoms with Crippen molar-refractivity contribution in [2.24, 2.45) is 0 Å². The summed E-state index contributed by atoms with van der Waals surface area (Å²) in [5.74, 6) is 0.918. The molecule has 0 saturated carbocycles. The molecule has 0 unspecified atom stereocenters. The van der Waals surface area contributed by atoms with Crippen LogP contribution in [0.3, 0.4) is 0 Å². The molecule has 1 aromatic rings. The van der Waals surface area contributed by atoms with E-state index in [2.05, 4.69) is 6.92 Å². The molecule has 1 radical (unpaired) electrons. The van der Waals surface area contributed by atoms with E-state index in [9.17, 15) is 0 Å². The van der Waals surface area contributed by atoms with Gasteiger partial charge in [0, 0.05) is 0 Å². The van der Waals surface area contributed by atoms with Gasteiger partial charge in [0.15, 0.2) is 0 Å². The van der Waals surface area contributed by atoms with Crippen molar-refractivity contribution in [2.75, 3.05) is 0 Å². The predicted octanol–water partition coefficient (Wildman–Crippen LogP) is 3.03. The van der Waals surface area contributed by atoms with E-state index in [4.69, 9.17) is 4.74 Å². The second kappa shape index (κ2) is 4.78. The lowest BCUT2D eigenvalue weighted by molar-refractivity contribution is 0.389. The van der Waals surface area contributed by atoms with Gasteiger partial charge in [0.25, 0.3) is 0 Å². The Labute approximate surface area is 68.0 Å². The Balaban J connectivity index is 2.28. The van der Waals surface area contributed by atoms with Crippen molar-refractivity contribution in [3.8, 4) is 5.75 Å². The van der Waals surface area contributed by atoms with E-state index in [0.717, 1.165) is 18.6 Å². The zero-order valence-electron chi connectivity index (χ0n) is 6.79. The normalized spacial score (nSPS) is 9.55. The van der Waals surface area contributed by atoms with Gasteiger partial charge in [-0.2, -0.15) is 0 Å². The van der Waals surface area contributed by atoms with Gasteiger partial charge in [-0.15, -0.1) is 0 Å². The van der Waals surface area contributed by atoms with Crippen LogP contribution < -0.4 is 4.74 Å². The summed E-state index contributed by atoms with van der Waals surface area (Å²) in [7, 11) is 0. The molecule has 0 spiro atoms. The molecular formula is C10H13O. The van der Waals surface area contributed by atoms with Crippen LogP contribution in [0.4, 0.5) is 0 Å². The van der Waals surface area contributed by atoms with Gasteiger partial charge in [0.2, 0.25) is 0 Å². The molecule has 0 aromatic heterocycles. The lowest BCUT2D eigenvalue weighted by Gasteiger charge is -2.02. The van der Waals surface area contributed by atoms with E-state index in [0.29, 0.717) is 0 Å². The Hall–Kier alpha value is -0.980. The molecule has 59 valence electrons. The zero-order chi connectivity index (χ0) is 7.94. The van der Waals surface area contributed by atoms with E-state index < -0.39 is 0 Å². The molecule has 0 aliphatic carbocycles. The number of para-hydroxylation sites is 1. The van der Waals surface area contributed by atoms with Crippen LogP contribution in [0.25, 0.3) is 0 Å². The summed E-state index contributed by atoms with van der Waals surface area (Å²) in [6.45, 7) is 3.97. The average molecular weight is 149 g/mol.